The van der Waals surface area contributed by atoms with E-state index in [-0.39, 0.29) is 11.2 Å². The summed E-state index contributed by atoms with van der Waals surface area (Å²) in [5.41, 5.74) is 0.267. The summed E-state index contributed by atoms with van der Waals surface area (Å²) >= 11 is 0. The summed E-state index contributed by atoms with van der Waals surface area (Å²) in [5.74, 6) is 1.18. The van der Waals surface area contributed by atoms with Gasteiger partial charge in [-0.15, -0.1) is 0 Å². The molecule has 0 amide bonds. The van der Waals surface area contributed by atoms with E-state index in [1.54, 1.807) is 6.92 Å². The normalized spacial score (nSPS) is 13.4. The molecule has 0 aliphatic carbocycles. The molecule has 0 saturated carbocycles. The molecule has 0 aromatic rings. The largest absolute Gasteiger partial charge is 0.316 e. The summed E-state index contributed by atoms with van der Waals surface area (Å²) in [5, 5.41) is 3.34. The zero-order valence-electron chi connectivity index (χ0n) is 11.3. The van der Waals surface area contributed by atoms with E-state index >= 15 is 0 Å². The van der Waals surface area contributed by atoms with Gasteiger partial charge >= 0.3 is 0 Å². The van der Waals surface area contributed by atoms with Crippen molar-refractivity contribution in [3.8, 4) is 0 Å². The van der Waals surface area contributed by atoms with Gasteiger partial charge < -0.3 is 5.32 Å². The van der Waals surface area contributed by atoms with Crippen molar-refractivity contribution in [2.75, 3.05) is 24.6 Å². The Bertz CT molecular complexity index is 281. The third kappa shape index (κ3) is 6.48. The van der Waals surface area contributed by atoms with Gasteiger partial charge in [0.15, 0.2) is 0 Å². The Morgan fingerprint density at radius 2 is 1.81 bits per heavy atom. The second-order valence-electron chi connectivity index (χ2n) is 5.41. The lowest BCUT2D eigenvalue weighted by Gasteiger charge is -2.29. The van der Waals surface area contributed by atoms with Crippen LogP contribution in [0.5, 0.6) is 0 Å². The molecule has 1 N–H and O–H groups in total. The van der Waals surface area contributed by atoms with Gasteiger partial charge in [0.2, 0.25) is 0 Å². The van der Waals surface area contributed by atoms with Gasteiger partial charge in [0, 0.05) is 12.3 Å². The maximum Gasteiger partial charge on any atom is 0.150 e. The summed E-state index contributed by atoms with van der Waals surface area (Å²) in [6.45, 7) is 12.3. The topological polar surface area (TPSA) is 46.2 Å². The van der Waals surface area contributed by atoms with Crippen molar-refractivity contribution in [2.24, 2.45) is 11.3 Å². The van der Waals surface area contributed by atoms with Crippen LogP contribution in [-0.4, -0.2) is 33.0 Å². The summed E-state index contributed by atoms with van der Waals surface area (Å²) in [4.78, 5) is 0. The van der Waals surface area contributed by atoms with Gasteiger partial charge in [-0.05, 0) is 24.3 Å². The number of hydrogen-bond donors (Lipinski definition) is 1. The number of hydrogen-bond acceptors (Lipinski definition) is 3. The molecule has 0 bridgehead atoms. The highest BCUT2D eigenvalue weighted by atomic mass is 32.2. The smallest absolute Gasteiger partial charge is 0.150 e. The van der Waals surface area contributed by atoms with Crippen LogP contribution >= 0.6 is 0 Å². The van der Waals surface area contributed by atoms with Gasteiger partial charge in [-0.25, -0.2) is 8.42 Å². The fourth-order valence-electron chi connectivity index (χ4n) is 1.18. The average molecular weight is 249 g/mol. The van der Waals surface area contributed by atoms with E-state index in [4.69, 9.17) is 0 Å². The van der Waals surface area contributed by atoms with Crippen LogP contribution in [0.25, 0.3) is 0 Å². The molecule has 0 heterocycles. The summed E-state index contributed by atoms with van der Waals surface area (Å²) in [7, 11) is -2.79. The van der Waals surface area contributed by atoms with E-state index < -0.39 is 9.84 Å². The van der Waals surface area contributed by atoms with Gasteiger partial charge in [0.25, 0.3) is 0 Å². The van der Waals surface area contributed by atoms with Crippen LogP contribution in [-0.2, 0) is 9.84 Å². The highest BCUT2D eigenvalue weighted by Gasteiger charge is 2.21. The van der Waals surface area contributed by atoms with Crippen molar-refractivity contribution < 1.29 is 8.42 Å². The van der Waals surface area contributed by atoms with E-state index in [2.05, 4.69) is 33.0 Å². The van der Waals surface area contributed by atoms with E-state index in [9.17, 15) is 8.42 Å². The van der Waals surface area contributed by atoms with Crippen LogP contribution in [0, 0.1) is 11.3 Å². The minimum Gasteiger partial charge on any atom is -0.316 e. The van der Waals surface area contributed by atoms with Crippen LogP contribution in [0.2, 0.25) is 0 Å². The Balaban J connectivity index is 3.70. The molecule has 0 aromatic carbocycles. The zero-order chi connectivity index (χ0) is 12.8. The van der Waals surface area contributed by atoms with Gasteiger partial charge in [-0.2, -0.15) is 0 Å². The van der Waals surface area contributed by atoms with Crippen LogP contribution in [0.1, 0.15) is 41.0 Å². The first kappa shape index (κ1) is 15.9. The SMILES string of the molecule is CCS(=O)(=O)CCCNCC(C)(C)C(C)C. The Morgan fingerprint density at radius 3 is 2.25 bits per heavy atom. The van der Waals surface area contributed by atoms with Crippen molar-refractivity contribution >= 4 is 9.84 Å². The predicted octanol–water partition coefficient (Wildman–Crippen LogP) is 2.08. The van der Waals surface area contributed by atoms with Crippen LogP contribution in [0.4, 0.5) is 0 Å². The first-order valence-electron chi connectivity index (χ1n) is 6.12. The fraction of sp³-hybridized carbons (Fsp3) is 1.00. The molecule has 0 rings (SSSR count). The van der Waals surface area contributed by atoms with Gasteiger partial charge in [-0.3, -0.25) is 0 Å². The Kier molecular flexibility index (Phi) is 6.56. The van der Waals surface area contributed by atoms with Crippen molar-refractivity contribution in [3.05, 3.63) is 0 Å². The standard InChI is InChI=1S/C12H27NO2S/c1-6-16(14,15)9-7-8-13-10-12(4,5)11(2)3/h11,13H,6-10H2,1-5H3. The predicted molar refractivity (Wildman–Crippen MR) is 70.4 cm³/mol. The molecule has 16 heavy (non-hydrogen) atoms. The lowest BCUT2D eigenvalue weighted by molar-refractivity contribution is 0.239. The number of nitrogens with one attached hydrogen (secondary N) is 1. The van der Waals surface area contributed by atoms with Crippen LogP contribution in [0.3, 0.4) is 0 Å². The van der Waals surface area contributed by atoms with Gasteiger partial charge in [0.1, 0.15) is 9.84 Å². The lowest BCUT2D eigenvalue weighted by atomic mass is 9.81. The lowest BCUT2D eigenvalue weighted by Crippen LogP contribution is -2.34. The van der Waals surface area contributed by atoms with Crippen molar-refractivity contribution in [1.82, 2.24) is 5.32 Å². The molecule has 98 valence electrons. The molecular weight excluding hydrogens is 222 g/mol. The molecule has 4 heteroatoms. The first-order chi connectivity index (χ1) is 7.21. The molecule has 3 nitrogen and oxygen atoms in total. The van der Waals surface area contributed by atoms with E-state index in [0.717, 1.165) is 13.1 Å². The van der Waals surface area contributed by atoms with Crippen molar-refractivity contribution in [3.63, 3.8) is 0 Å². The van der Waals surface area contributed by atoms with Crippen LogP contribution in [0.15, 0.2) is 0 Å². The fourth-order valence-corrected chi connectivity index (χ4v) is 2.05. The second kappa shape index (κ2) is 6.60. The summed E-state index contributed by atoms with van der Waals surface area (Å²) < 4.78 is 22.5. The molecular formula is C12H27NO2S. The summed E-state index contributed by atoms with van der Waals surface area (Å²) in [6, 6.07) is 0. The maximum absolute atomic E-state index is 11.2. The Labute approximate surface area is 101 Å². The van der Waals surface area contributed by atoms with Gasteiger partial charge in [0.05, 0.1) is 5.75 Å². The minimum atomic E-state index is -2.79. The number of sulfone groups is 1. The molecule has 0 spiro atoms. The van der Waals surface area contributed by atoms with E-state index in [0.29, 0.717) is 18.1 Å². The quantitative estimate of drug-likeness (QED) is 0.670. The molecule has 0 atom stereocenters. The molecule has 0 radical (unpaired) electrons. The number of rotatable bonds is 8. The van der Waals surface area contributed by atoms with Crippen LogP contribution < -0.4 is 5.32 Å². The Hall–Kier alpha value is -0.0900. The first-order valence-corrected chi connectivity index (χ1v) is 7.94. The highest BCUT2D eigenvalue weighted by Crippen LogP contribution is 2.24. The third-order valence-corrected chi connectivity index (χ3v) is 5.18. The maximum atomic E-state index is 11.2. The van der Waals surface area contributed by atoms with Crippen molar-refractivity contribution in [2.45, 2.75) is 41.0 Å². The molecule has 0 fully saturated rings. The molecule has 0 aliphatic heterocycles. The molecule has 0 saturated heterocycles. The highest BCUT2D eigenvalue weighted by molar-refractivity contribution is 7.91. The Morgan fingerprint density at radius 1 is 1.25 bits per heavy atom. The van der Waals surface area contributed by atoms with Crippen molar-refractivity contribution in [1.29, 1.82) is 0 Å². The molecule has 0 unspecified atom stereocenters. The third-order valence-electron chi connectivity index (χ3n) is 3.39. The minimum absolute atomic E-state index is 0.254. The van der Waals surface area contributed by atoms with E-state index in [1.807, 2.05) is 0 Å². The van der Waals surface area contributed by atoms with E-state index in [1.165, 1.54) is 0 Å². The summed E-state index contributed by atoms with van der Waals surface area (Å²) in [6.07, 6.45) is 0.713. The molecule has 0 aromatic heterocycles. The monoisotopic (exact) mass is 249 g/mol. The average Bonchev–Trinajstić information content (AvgIpc) is 2.16. The van der Waals surface area contributed by atoms with Gasteiger partial charge in [-0.1, -0.05) is 34.6 Å². The zero-order valence-corrected chi connectivity index (χ0v) is 12.2. The molecule has 0 aliphatic rings. The second-order valence-corrected chi connectivity index (χ2v) is 7.88.